The number of carbonyl (C=O) groups is 4. The van der Waals surface area contributed by atoms with Crippen molar-refractivity contribution >= 4 is 34.6 Å². The molecule has 3 aromatic rings. The molecule has 12 nitrogen and oxygen atoms in total. The Morgan fingerprint density at radius 3 is 2.46 bits per heavy atom. The molecule has 37 heavy (non-hydrogen) atoms. The predicted octanol–water partition coefficient (Wildman–Crippen LogP) is 0.220. The lowest BCUT2D eigenvalue weighted by Crippen LogP contribution is -2.54. The van der Waals surface area contributed by atoms with Gasteiger partial charge in [0.15, 0.2) is 0 Å². The highest BCUT2D eigenvalue weighted by atomic mass is 16.4. The van der Waals surface area contributed by atoms with Crippen molar-refractivity contribution in [1.29, 1.82) is 0 Å². The summed E-state index contributed by atoms with van der Waals surface area (Å²) in [5.41, 5.74) is 8.25. The first kappa shape index (κ1) is 27.4. The Labute approximate surface area is 213 Å². The van der Waals surface area contributed by atoms with Crippen molar-refractivity contribution < 1.29 is 24.3 Å². The topological polar surface area (TPSA) is 195 Å². The second-order valence-corrected chi connectivity index (χ2v) is 9.32. The number of nitrogens with one attached hydrogen (secondary N) is 5. The van der Waals surface area contributed by atoms with Gasteiger partial charge < -0.3 is 36.8 Å². The number of aromatic nitrogens is 3. The fraction of sp³-hybridized carbons (Fsp3) is 0.400. The average molecular weight is 512 g/mol. The molecule has 0 fully saturated rings. The number of H-pyrrole nitrogens is 2. The van der Waals surface area contributed by atoms with E-state index in [1.165, 1.54) is 12.5 Å². The quantitative estimate of drug-likeness (QED) is 0.170. The number of hydrogen-bond donors (Lipinski definition) is 7. The molecule has 1 aromatic carbocycles. The minimum Gasteiger partial charge on any atom is -0.480 e. The van der Waals surface area contributed by atoms with Crippen molar-refractivity contribution in [3.8, 4) is 0 Å². The van der Waals surface area contributed by atoms with Crippen LogP contribution in [-0.2, 0) is 32.0 Å². The predicted molar refractivity (Wildman–Crippen MR) is 136 cm³/mol. The molecule has 198 valence electrons. The van der Waals surface area contributed by atoms with Crippen LogP contribution in [0, 0.1) is 5.92 Å². The number of amides is 3. The zero-order valence-corrected chi connectivity index (χ0v) is 20.8. The summed E-state index contributed by atoms with van der Waals surface area (Å²) in [5.74, 6) is -2.78. The van der Waals surface area contributed by atoms with Crippen LogP contribution in [0.5, 0.6) is 0 Å². The van der Waals surface area contributed by atoms with Gasteiger partial charge in [-0.15, -0.1) is 0 Å². The monoisotopic (exact) mass is 511 g/mol. The van der Waals surface area contributed by atoms with E-state index in [-0.39, 0.29) is 18.8 Å². The average Bonchev–Trinajstić information content (AvgIpc) is 3.51. The van der Waals surface area contributed by atoms with Crippen molar-refractivity contribution in [1.82, 2.24) is 30.9 Å². The van der Waals surface area contributed by atoms with Crippen molar-refractivity contribution in [2.24, 2.45) is 11.7 Å². The standard InChI is InChI=1S/C25H33N7O5/c1-14(2)7-18(26)23(34)32-20(8-15-10-28-19-6-4-3-5-17(15)19)24(35)29-12-22(33)31-21(25(36)37)9-16-11-27-13-30-16/h3-6,10-11,13-14,18,20-21,28H,7-9,12,26H2,1-2H3,(H,27,30)(H,29,35)(H,31,33)(H,32,34)(H,36,37). The van der Waals surface area contributed by atoms with Crippen LogP contribution >= 0.6 is 0 Å². The van der Waals surface area contributed by atoms with Crippen LogP contribution in [0.2, 0.25) is 0 Å². The highest BCUT2D eigenvalue weighted by Gasteiger charge is 2.27. The Morgan fingerprint density at radius 2 is 1.78 bits per heavy atom. The van der Waals surface area contributed by atoms with Crippen LogP contribution < -0.4 is 21.7 Å². The Morgan fingerprint density at radius 1 is 1.03 bits per heavy atom. The molecule has 8 N–H and O–H groups in total. The summed E-state index contributed by atoms with van der Waals surface area (Å²) in [7, 11) is 0. The van der Waals surface area contributed by atoms with Gasteiger partial charge in [0.05, 0.1) is 18.9 Å². The Hall–Kier alpha value is -4.19. The summed E-state index contributed by atoms with van der Waals surface area (Å²) in [5, 5.41) is 17.9. The number of rotatable bonds is 13. The number of fused-ring (bicyclic) bond motifs is 1. The SMILES string of the molecule is CC(C)CC(N)C(=O)NC(Cc1c[nH]c2ccccc12)C(=O)NCC(=O)NC(Cc1cnc[nH]1)C(=O)O. The Balaban J connectivity index is 1.66. The lowest BCUT2D eigenvalue weighted by Gasteiger charge is -2.21. The number of carboxylic acid groups (broad SMARTS) is 1. The minimum absolute atomic E-state index is 0.00199. The molecule has 3 atom stereocenters. The molecule has 0 spiro atoms. The van der Waals surface area contributed by atoms with E-state index in [2.05, 4.69) is 30.9 Å². The van der Waals surface area contributed by atoms with Gasteiger partial charge in [-0.25, -0.2) is 9.78 Å². The molecule has 0 saturated carbocycles. The molecule has 0 saturated heterocycles. The second kappa shape index (κ2) is 12.7. The minimum atomic E-state index is -1.22. The molecule has 0 bridgehead atoms. The van der Waals surface area contributed by atoms with Crippen molar-refractivity contribution in [2.45, 2.75) is 51.2 Å². The molecule has 0 aliphatic heterocycles. The van der Waals surface area contributed by atoms with E-state index in [4.69, 9.17) is 5.73 Å². The molecule has 2 aromatic heterocycles. The fourth-order valence-electron chi connectivity index (χ4n) is 3.98. The van der Waals surface area contributed by atoms with Gasteiger partial charge in [0.1, 0.15) is 12.1 Å². The zero-order chi connectivity index (χ0) is 26.9. The highest BCUT2D eigenvalue weighted by molar-refractivity contribution is 5.93. The number of nitrogens with zero attached hydrogens (tertiary/aromatic N) is 1. The maximum Gasteiger partial charge on any atom is 0.326 e. The summed E-state index contributed by atoms with van der Waals surface area (Å²) in [4.78, 5) is 59.5. The van der Waals surface area contributed by atoms with E-state index < -0.39 is 48.4 Å². The third kappa shape index (κ3) is 7.90. The number of benzene rings is 1. The first-order valence-electron chi connectivity index (χ1n) is 12.0. The van der Waals surface area contributed by atoms with Gasteiger partial charge in [-0.1, -0.05) is 32.0 Å². The summed E-state index contributed by atoms with van der Waals surface area (Å²) in [6, 6.07) is 4.56. The number of aliphatic carboxylic acids is 1. The van der Waals surface area contributed by atoms with E-state index in [9.17, 15) is 24.3 Å². The lowest BCUT2D eigenvalue weighted by molar-refractivity contribution is -0.141. The van der Waals surface area contributed by atoms with Gasteiger partial charge in [-0.3, -0.25) is 14.4 Å². The molecular formula is C25H33N7O5. The van der Waals surface area contributed by atoms with Gasteiger partial charge in [0.2, 0.25) is 17.7 Å². The molecule has 2 heterocycles. The molecule has 0 aliphatic carbocycles. The maximum absolute atomic E-state index is 13.1. The largest absolute Gasteiger partial charge is 0.480 e. The van der Waals surface area contributed by atoms with Crippen molar-refractivity contribution in [2.75, 3.05) is 6.54 Å². The molecule has 0 aliphatic rings. The zero-order valence-electron chi connectivity index (χ0n) is 20.8. The van der Waals surface area contributed by atoms with Crippen LogP contribution in [0.1, 0.15) is 31.5 Å². The Bertz CT molecular complexity index is 1220. The summed E-state index contributed by atoms with van der Waals surface area (Å²) >= 11 is 0. The number of imidazole rings is 1. The van der Waals surface area contributed by atoms with E-state index in [0.29, 0.717) is 12.1 Å². The molecule has 3 rings (SSSR count). The van der Waals surface area contributed by atoms with Crippen molar-refractivity contribution in [3.05, 3.63) is 54.2 Å². The number of carboxylic acids is 1. The maximum atomic E-state index is 13.1. The third-order valence-corrected chi connectivity index (χ3v) is 5.83. The van der Waals surface area contributed by atoms with Gasteiger partial charge in [0, 0.05) is 41.8 Å². The normalized spacial score (nSPS) is 13.6. The van der Waals surface area contributed by atoms with Gasteiger partial charge >= 0.3 is 5.97 Å². The van der Waals surface area contributed by atoms with Crippen LogP contribution in [0.15, 0.2) is 43.0 Å². The number of nitrogens with two attached hydrogens (primary N) is 1. The Kier molecular flexibility index (Phi) is 9.39. The van der Waals surface area contributed by atoms with Crippen LogP contribution in [0.25, 0.3) is 10.9 Å². The fourth-order valence-corrected chi connectivity index (χ4v) is 3.98. The molecule has 12 heteroatoms. The number of para-hydroxylation sites is 1. The lowest BCUT2D eigenvalue weighted by atomic mass is 10.0. The highest BCUT2D eigenvalue weighted by Crippen LogP contribution is 2.19. The molecule has 3 unspecified atom stereocenters. The van der Waals surface area contributed by atoms with Gasteiger partial charge in [-0.2, -0.15) is 0 Å². The smallest absolute Gasteiger partial charge is 0.326 e. The molecular weight excluding hydrogens is 478 g/mol. The van der Waals surface area contributed by atoms with Gasteiger partial charge in [0.25, 0.3) is 0 Å². The van der Waals surface area contributed by atoms with Crippen LogP contribution in [-0.4, -0.2) is 68.4 Å². The summed E-state index contributed by atoms with van der Waals surface area (Å²) in [6.45, 7) is 3.42. The first-order chi connectivity index (χ1) is 17.6. The van der Waals surface area contributed by atoms with Gasteiger partial charge in [-0.05, 0) is 24.0 Å². The van der Waals surface area contributed by atoms with Crippen molar-refractivity contribution in [3.63, 3.8) is 0 Å². The van der Waals surface area contributed by atoms with E-state index in [1.807, 2.05) is 38.1 Å². The third-order valence-electron chi connectivity index (χ3n) is 5.83. The molecule has 0 radical (unpaired) electrons. The van der Waals surface area contributed by atoms with E-state index >= 15 is 0 Å². The van der Waals surface area contributed by atoms with Crippen LogP contribution in [0.4, 0.5) is 0 Å². The number of carbonyl (C=O) groups excluding carboxylic acids is 3. The molecule has 3 amide bonds. The number of hydrogen-bond acceptors (Lipinski definition) is 6. The first-order valence-corrected chi connectivity index (χ1v) is 12.0. The summed E-state index contributed by atoms with van der Waals surface area (Å²) in [6.07, 6.45) is 5.25. The van der Waals surface area contributed by atoms with E-state index in [0.717, 1.165) is 16.5 Å². The summed E-state index contributed by atoms with van der Waals surface area (Å²) < 4.78 is 0. The van der Waals surface area contributed by atoms with E-state index in [1.54, 1.807) is 6.20 Å². The van der Waals surface area contributed by atoms with Crippen LogP contribution in [0.3, 0.4) is 0 Å². The second-order valence-electron chi connectivity index (χ2n) is 9.32. The number of aromatic amines is 2.